The SMILES string of the molecule is CCN1CCN(Cc2ccc(NC(=O)Nc3cc(C#Cc4cnc5cc[nH]c5c4)ccn3)cc2C(F)(F)F)CC1. The van der Waals surface area contributed by atoms with E-state index in [1.165, 1.54) is 18.3 Å². The zero-order chi connectivity index (χ0) is 28.1. The van der Waals surface area contributed by atoms with E-state index in [2.05, 4.69) is 49.3 Å². The Morgan fingerprint density at radius 1 is 0.975 bits per heavy atom. The number of nitrogens with one attached hydrogen (secondary N) is 3. The van der Waals surface area contributed by atoms with Gasteiger partial charge in [-0.05, 0) is 48.5 Å². The number of urea groups is 1. The number of aromatic nitrogens is 3. The van der Waals surface area contributed by atoms with Crippen LogP contribution in [0.2, 0.25) is 0 Å². The summed E-state index contributed by atoms with van der Waals surface area (Å²) in [5.74, 6) is 6.23. The highest BCUT2D eigenvalue weighted by Gasteiger charge is 2.34. The van der Waals surface area contributed by atoms with E-state index in [1.807, 2.05) is 17.0 Å². The lowest BCUT2D eigenvalue weighted by molar-refractivity contribution is -0.138. The second kappa shape index (κ2) is 11.8. The van der Waals surface area contributed by atoms with Crippen LogP contribution in [0.1, 0.15) is 29.2 Å². The first-order valence-corrected chi connectivity index (χ1v) is 12.9. The van der Waals surface area contributed by atoms with E-state index >= 15 is 0 Å². The highest BCUT2D eigenvalue weighted by Crippen LogP contribution is 2.34. The molecule has 3 N–H and O–H groups in total. The molecule has 11 heteroatoms. The average molecular weight is 548 g/mol. The van der Waals surface area contributed by atoms with E-state index in [0.29, 0.717) is 24.2 Å². The second-order valence-corrected chi connectivity index (χ2v) is 9.47. The number of benzene rings is 1. The van der Waals surface area contributed by atoms with Gasteiger partial charge in [-0.15, -0.1) is 0 Å². The van der Waals surface area contributed by atoms with Crippen molar-refractivity contribution in [2.24, 2.45) is 0 Å². The number of halogens is 3. The molecule has 0 spiro atoms. The summed E-state index contributed by atoms with van der Waals surface area (Å²) in [7, 11) is 0. The van der Waals surface area contributed by atoms with Crippen molar-refractivity contribution in [1.82, 2.24) is 24.8 Å². The summed E-state index contributed by atoms with van der Waals surface area (Å²) >= 11 is 0. The second-order valence-electron chi connectivity index (χ2n) is 9.47. The van der Waals surface area contributed by atoms with Crippen molar-refractivity contribution in [2.45, 2.75) is 19.6 Å². The van der Waals surface area contributed by atoms with Crippen molar-refractivity contribution in [3.63, 3.8) is 0 Å². The van der Waals surface area contributed by atoms with Crippen LogP contribution in [0, 0.1) is 11.8 Å². The minimum absolute atomic E-state index is 0.0348. The molecule has 0 aliphatic carbocycles. The minimum Gasteiger partial charge on any atom is -0.360 e. The summed E-state index contributed by atoms with van der Waals surface area (Å²) in [5, 5.41) is 5.04. The van der Waals surface area contributed by atoms with Crippen LogP contribution in [-0.2, 0) is 12.7 Å². The number of pyridine rings is 2. The van der Waals surface area contributed by atoms with E-state index in [-0.39, 0.29) is 23.6 Å². The van der Waals surface area contributed by atoms with Gasteiger partial charge in [0, 0.05) is 68.1 Å². The number of piperazine rings is 1. The summed E-state index contributed by atoms with van der Waals surface area (Å²) in [5.41, 5.74) is 2.48. The Bertz CT molecular complexity index is 1560. The zero-order valence-corrected chi connectivity index (χ0v) is 21.8. The predicted octanol–water partition coefficient (Wildman–Crippen LogP) is 5.16. The summed E-state index contributed by atoms with van der Waals surface area (Å²) in [4.78, 5) is 28.4. The van der Waals surface area contributed by atoms with Crippen molar-refractivity contribution >= 4 is 28.6 Å². The van der Waals surface area contributed by atoms with Crippen LogP contribution in [0.15, 0.2) is 61.1 Å². The lowest BCUT2D eigenvalue weighted by Gasteiger charge is -2.34. The molecule has 0 atom stereocenters. The first-order chi connectivity index (χ1) is 19.3. The molecule has 3 aromatic heterocycles. The Balaban J connectivity index is 1.24. The molecule has 4 aromatic rings. The lowest BCUT2D eigenvalue weighted by Crippen LogP contribution is -2.45. The fourth-order valence-corrected chi connectivity index (χ4v) is 4.56. The number of aromatic amines is 1. The first kappa shape index (κ1) is 27.2. The van der Waals surface area contributed by atoms with Crippen LogP contribution in [0.5, 0.6) is 0 Å². The van der Waals surface area contributed by atoms with Gasteiger partial charge in [-0.2, -0.15) is 13.2 Å². The number of likely N-dealkylation sites (N-methyl/N-ethyl adjacent to an activating group) is 1. The molecule has 2 amide bonds. The van der Waals surface area contributed by atoms with Gasteiger partial charge in [-0.25, -0.2) is 9.78 Å². The third-order valence-corrected chi connectivity index (χ3v) is 6.73. The van der Waals surface area contributed by atoms with Gasteiger partial charge in [-0.3, -0.25) is 15.2 Å². The lowest BCUT2D eigenvalue weighted by atomic mass is 10.0. The number of carbonyl (C=O) groups is 1. The maximum absolute atomic E-state index is 13.9. The molecule has 1 saturated heterocycles. The maximum atomic E-state index is 13.9. The third kappa shape index (κ3) is 6.77. The topological polar surface area (TPSA) is 89.2 Å². The molecule has 8 nitrogen and oxygen atoms in total. The highest BCUT2D eigenvalue weighted by atomic mass is 19.4. The van der Waals surface area contributed by atoms with Crippen molar-refractivity contribution < 1.29 is 18.0 Å². The molecule has 0 bridgehead atoms. The van der Waals surface area contributed by atoms with Crippen molar-refractivity contribution in [3.8, 4) is 11.8 Å². The summed E-state index contributed by atoms with van der Waals surface area (Å²) in [6, 6.07) is 10.2. The van der Waals surface area contributed by atoms with E-state index in [9.17, 15) is 18.0 Å². The van der Waals surface area contributed by atoms with Gasteiger partial charge in [0.25, 0.3) is 0 Å². The van der Waals surface area contributed by atoms with Crippen LogP contribution >= 0.6 is 0 Å². The minimum atomic E-state index is -4.55. The molecule has 0 radical (unpaired) electrons. The van der Waals surface area contributed by atoms with Gasteiger partial charge in [0.1, 0.15) is 5.82 Å². The molecule has 1 aliphatic rings. The summed E-state index contributed by atoms with van der Waals surface area (Å²) < 4.78 is 41.7. The van der Waals surface area contributed by atoms with Crippen LogP contribution < -0.4 is 10.6 Å². The number of alkyl halides is 3. The molecule has 4 heterocycles. The molecule has 5 rings (SSSR count). The summed E-state index contributed by atoms with van der Waals surface area (Å²) in [6.07, 6.45) is 0.408. The Labute approximate surface area is 229 Å². The van der Waals surface area contributed by atoms with Gasteiger partial charge in [-0.1, -0.05) is 24.8 Å². The highest BCUT2D eigenvalue weighted by molar-refractivity contribution is 5.99. The fraction of sp³-hybridized carbons (Fsp3) is 0.276. The summed E-state index contributed by atoms with van der Waals surface area (Å²) in [6.45, 7) is 6.29. The molecule has 0 saturated carbocycles. The van der Waals surface area contributed by atoms with Gasteiger partial charge >= 0.3 is 12.2 Å². The number of amides is 2. The predicted molar refractivity (Wildman–Crippen MR) is 148 cm³/mol. The quantitative estimate of drug-likeness (QED) is 0.301. The number of hydrogen-bond donors (Lipinski definition) is 3. The van der Waals surface area contributed by atoms with Gasteiger partial charge in [0.2, 0.25) is 0 Å². The van der Waals surface area contributed by atoms with Gasteiger partial charge < -0.3 is 15.2 Å². The molecule has 0 unspecified atom stereocenters. The van der Waals surface area contributed by atoms with E-state index in [4.69, 9.17) is 0 Å². The number of carbonyl (C=O) groups excluding carboxylic acids is 1. The van der Waals surface area contributed by atoms with Gasteiger partial charge in [0.05, 0.1) is 16.6 Å². The standard InChI is InChI=1S/C29H28F3N7O/c1-2-38-11-13-39(14-12-38)19-22-5-6-23(17-24(22)29(30,31)32)36-28(40)37-27-16-20(7-9-34-27)3-4-21-15-26-25(35-18-21)8-10-33-26/h5-10,15-18,33H,2,11-14,19H2,1H3,(H2,34,36,37,40). The van der Waals surface area contributed by atoms with Crippen LogP contribution in [-0.4, -0.2) is 63.5 Å². The molecule has 40 heavy (non-hydrogen) atoms. The molecule has 206 valence electrons. The number of nitrogens with zero attached hydrogens (tertiary/aromatic N) is 4. The normalized spacial score (nSPS) is 14.5. The molecular weight excluding hydrogens is 519 g/mol. The molecular formula is C29H28F3N7O. The van der Waals surface area contributed by atoms with E-state index in [0.717, 1.165) is 36.7 Å². The van der Waals surface area contributed by atoms with Crippen LogP contribution in [0.25, 0.3) is 11.0 Å². The van der Waals surface area contributed by atoms with Crippen LogP contribution in [0.3, 0.4) is 0 Å². The number of hydrogen-bond acceptors (Lipinski definition) is 5. The Kier molecular flexibility index (Phi) is 8.00. The van der Waals surface area contributed by atoms with E-state index < -0.39 is 17.8 Å². The number of anilines is 2. The fourth-order valence-electron chi connectivity index (χ4n) is 4.56. The van der Waals surface area contributed by atoms with Gasteiger partial charge in [0.15, 0.2) is 0 Å². The van der Waals surface area contributed by atoms with E-state index in [1.54, 1.807) is 24.5 Å². The largest absolute Gasteiger partial charge is 0.416 e. The zero-order valence-electron chi connectivity index (χ0n) is 21.8. The average Bonchev–Trinajstić information content (AvgIpc) is 3.41. The smallest absolute Gasteiger partial charge is 0.360 e. The molecule has 1 aliphatic heterocycles. The first-order valence-electron chi connectivity index (χ1n) is 12.9. The van der Waals surface area contributed by atoms with Crippen molar-refractivity contribution in [3.05, 3.63) is 83.3 Å². The number of fused-ring (bicyclic) bond motifs is 1. The molecule has 1 fully saturated rings. The third-order valence-electron chi connectivity index (χ3n) is 6.73. The number of rotatable bonds is 5. The molecule has 1 aromatic carbocycles. The maximum Gasteiger partial charge on any atom is 0.416 e. The van der Waals surface area contributed by atoms with Crippen molar-refractivity contribution in [1.29, 1.82) is 0 Å². The Morgan fingerprint density at radius 2 is 1.75 bits per heavy atom. The van der Waals surface area contributed by atoms with Crippen molar-refractivity contribution in [2.75, 3.05) is 43.4 Å². The Morgan fingerprint density at radius 3 is 2.52 bits per heavy atom. The van der Waals surface area contributed by atoms with Crippen LogP contribution in [0.4, 0.5) is 29.5 Å². The number of H-pyrrole nitrogens is 1. The monoisotopic (exact) mass is 547 g/mol. The Hall–Kier alpha value is -4.40.